The number of thiazole rings is 1. The van der Waals surface area contributed by atoms with E-state index < -0.39 is 23.7 Å². The van der Waals surface area contributed by atoms with E-state index in [9.17, 15) is 14.0 Å². The highest BCUT2D eigenvalue weighted by Gasteiger charge is 2.55. The molecule has 2 unspecified atom stereocenters. The van der Waals surface area contributed by atoms with E-state index in [-0.39, 0.29) is 11.4 Å². The molecule has 2 aromatic carbocycles. The number of esters is 1. The molecule has 152 valence electrons. The van der Waals surface area contributed by atoms with Gasteiger partial charge in [-0.2, -0.15) is 0 Å². The van der Waals surface area contributed by atoms with Crippen LogP contribution in [-0.2, 0) is 9.53 Å². The van der Waals surface area contributed by atoms with E-state index in [0.29, 0.717) is 20.6 Å². The number of hydrogen-bond donors (Lipinski definition) is 0. The molecule has 3 aromatic rings. The normalized spacial score (nSPS) is 24.3. The van der Waals surface area contributed by atoms with Gasteiger partial charge in [0.2, 0.25) is 5.72 Å². The summed E-state index contributed by atoms with van der Waals surface area (Å²) in [6, 6.07) is 12.6. The van der Waals surface area contributed by atoms with E-state index in [1.807, 2.05) is 18.2 Å². The van der Waals surface area contributed by atoms with E-state index in [1.165, 1.54) is 30.6 Å². The van der Waals surface area contributed by atoms with E-state index in [0.717, 1.165) is 5.56 Å². The Hall–Kier alpha value is -3.26. The third-order valence-corrected chi connectivity index (χ3v) is 6.49. The molecule has 3 atom stereocenters. The van der Waals surface area contributed by atoms with Crippen molar-refractivity contribution in [3.8, 4) is 5.75 Å². The lowest BCUT2D eigenvalue weighted by molar-refractivity contribution is -0.158. The first-order valence-electron chi connectivity index (χ1n) is 9.35. The average Bonchev–Trinajstić information content (AvgIpc) is 3.02. The number of benzene rings is 2. The van der Waals surface area contributed by atoms with Gasteiger partial charge in [0, 0.05) is 5.56 Å². The van der Waals surface area contributed by atoms with Crippen molar-refractivity contribution in [2.75, 3.05) is 7.11 Å². The largest absolute Gasteiger partial charge is 0.469 e. The van der Waals surface area contributed by atoms with Gasteiger partial charge in [-0.1, -0.05) is 41.7 Å². The molecule has 2 bridgehead atoms. The number of aromatic nitrogens is 1. The lowest BCUT2D eigenvalue weighted by atomic mass is 9.81. The maximum atomic E-state index is 13.4. The van der Waals surface area contributed by atoms with Gasteiger partial charge >= 0.3 is 5.97 Å². The summed E-state index contributed by atoms with van der Waals surface area (Å²) >= 11 is 1.21. The van der Waals surface area contributed by atoms with Crippen LogP contribution < -0.4 is 19.6 Å². The van der Waals surface area contributed by atoms with Gasteiger partial charge in [-0.05, 0) is 36.8 Å². The summed E-state index contributed by atoms with van der Waals surface area (Å²) in [5.41, 5.74) is -0.0326. The lowest BCUT2D eigenvalue weighted by Crippen LogP contribution is -2.58. The van der Waals surface area contributed by atoms with Crippen LogP contribution in [0.1, 0.15) is 24.1 Å². The van der Waals surface area contributed by atoms with E-state index >= 15 is 0 Å². The molecule has 0 saturated heterocycles. The zero-order valence-corrected chi connectivity index (χ0v) is 17.0. The van der Waals surface area contributed by atoms with Gasteiger partial charge in [0.1, 0.15) is 17.5 Å². The highest BCUT2D eigenvalue weighted by atomic mass is 32.1. The van der Waals surface area contributed by atoms with Crippen LogP contribution in [0.4, 0.5) is 4.39 Å². The van der Waals surface area contributed by atoms with Crippen molar-refractivity contribution >= 4 is 23.4 Å². The highest BCUT2D eigenvalue weighted by molar-refractivity contribution is 7.07. The lowest BCUT2D eigenvalue weighted by Gasteiger charge is -2.44. The molecule has 5 rings (SSSR count). The summed E-state index contributed by atoms with van der Waals surface area (Å²) < 4.78 is 26.4. The van der Waals surface area contributed by atoms with E-state index in [1.54, 1.807) is 35.8 Å². The molecule has 0 saturated carbocycles. The molecular formula is C22H17FN2O4S. The number of halogens is 1. The van der Waals surface area contributed by atoms with Crippen LogP contribution >= 0.6 is 11.3 Å². The van der Waals surface area contributed by atoms with Crippen molar-refractivity contribution in [1.82, 2.24) is 4.57 Å². The van der Waals surface area contributed by atoms with Crippen molar-refractivity contribution in [3.63, 3.8) is 0 Å². The Morgan fingerprint density at radius 2 is 2.00 bits per heavy atom. The Labute approximate surface area is 174 Å². The van der Waals surface area contributed by atoms with E-state index in [4.69, 9.17) is 9.47 Å². The maximum absolute atomic E-state index is 13.4. The molecule has 30 heavy (non-hydrogen) atoms. The molecule has 0 spiro atoms. The fourth-order valence-electron chi connectivity index (χ4n) is 4.14. The van der Waals surface area contributed by atoms with Crippen molar-refractivity contribution in [1.29, 1.82) is 0 Å². The zero-order chi connectivity index (χ0) is 21.0. The Kier molecular flexibility index (Phi) is 4.14. The number of methoxy groups -OCH3 is 1. The summed E-state index contributed by atoms with van der Waals surface area (Å²) in [6.45, 7) is 1.73. The third kappa shape index (κ3) is 2.71. The quantitative estimate of drug-likeness (QED) is 0.590. The van der Waals surface area contributed by atoms with Crippen molar-refractivity contribution in [3.05, 3.63) is 85.2 Å². The summed E-state index contributed by atoms with van der Waals surface area (Å²) in [7, 11) is 1.31. The minimum absolute atomic E-state index is 0.263. The third-order valence-electron chi connectivity index (χ3n) is 5.50. The molecule has 0 aliphatic carbocycles. The second-order valence-electron chi connectivity index (χ2n) is 7.37. The minimum atomic E-state index is -1.20. The Morgan fingerprint density at radius 1 is 1.27 bits per heavy atom. The van der Waals surface area contributed by atoms with Gasteiger partial charge in [0.05, 0.1) is 17.7 Å². The Bertz CT molecular complexity index is 1340. The highest BCUT2D eigenvalue weighted by Crippen LogP contribution is 2.47. The van der Waals surface area contributed by atoms with Gasteiger partial charge in [-0.15, -0.1) is 0 Å². The number of rotatable bonds is 2. The molecule has 1 aromatic heterocycles. The molecule has 0 N–H and O–H groups in total. The number of nitrogens with zero attached hydrogens (tertiary/aromatic N) is 2. The van der Waals surface area contributed by atoms with Crippen LogP contribution in [0.2, 0.25) is 0 Å². The standard InChI is InChI=1S/C22H17FN2O4S/c1-22-17(20(27)28-2)18(14-5-3-4-6-15(14)29-22)25-19(26)16(30-21(25)24-22)11-12-7-9-13(23)10-8-12/h3-11,17-18H,1-2H3/t17?,18?,22-/m1/s1. The summed E-state index contributed by atoms with van der Waals surface area (Å²) in [4.78, 5) is 31.2. The maximum Gasteiger partial charge on any atom is 0.317 e. The van der Waals surface area contributed by atoms with Crippen LogP contribution in [0, 0.1) is 11.7 Å². The number of ether oxygens (including phenoxy) is 2. The number of carbonyl (C=O) groups excluding carboxylic acids is 1. The smallest absolute Gasteiger partial charge is 0.317 e. The van der Waals surface area contributed by atoms with E-state index in [2.05, 4.69) is 4.99 Å². The monoisotopic (exact) mass is 424 g/mol. The molecule has 3 heterocycles. The molecule has 8 heteroatoms. The molecule has 6 nitrogen and oxygen atoms in total. The van der Waals surface area contributed by atoms with Gasteiger partial charge in [0.25, 0.3) is 5.56 Å². The first kappa shape index (κ1) is 18.7. The second-order valence-corrected chi connectivity index (χ2v) is 8.38. The second kappa shape index (κ2) is 6.63. The summed E-state index contributed by atoms with van der Waals surface area (Å²) in [5.74, 6) is -1.06. The number of carbonyl (C=O) groups is 1. The van der Waals surface area contributed by atoms with Crippen LogP contribution in [0.25, 0.3) is 6.08 Å². The molecule has 0 radical (unpaired) electrons. The average molecular weight is 424 g/mol. The molecule has 2 aliphatic rings. The fourth-order valence-corrected chi connectivity index (χ4v) is 5.24. The van der Waals surface area contributed by atoms with Crippen molar-refractivity contribution < 1.29 is 18.7 Å². The number of para-hydroxylation sites is 1. The van der Waals surface area contributed by atoms with Crippen LogP contribution in [0.3, 0.4) is 0 Å². The van der Waals surface area contributed by atoms with Crippen molar-refractivity contribution in [2.45, 2.75) is 18.7 Å². The summed E-state index contributed by atoms with van der Waals surface area (Å²) in [5, 5.41) is 0. The first-order valence-corrected chi connectivity index (χ1v) is 10.2. The van der Waals surface area contributed by atoms with Gasteiger partial charge in [-0.3, -0.25) is 14.2 Å². The van der Waals surface area contributed by atoms with Crippen LogP contribution in [0.5, 0.6) is 5.75 Å². The Morgan fingerprint density at radius 3 is 2.73 bits per heavy atom. The van der Waals surface area contributed by atoms with Gasteiger partial charge in [0.15, 0.2) is 4.80 Å². The summed E-state index contributed by atoms with van der Waals surface area (Å²) in [6.07, 6.45) is 1.69. The predicted octanol–water partition coefficient (Wildman–Crippen LogP) is 2.00. The van der Waals surface area contributed by atoms with Gasteiger partial charge in [-0.25, -0.2) is 9.38 Å². The minimum Gasteiger partial charge on any atom is -0.469 e. The number of hydrogen-bond acceptors (Lipinski definition) is 6. The fraction of sp³-hybridized carbons (Fsp3) is 0.227. The van der Waals surface area contributed by atoms with Crippen molar-refractivity contribution in [2.24, 2.45) is 10.9 Å². The van der Waals surface area contributed by atoms with Crippen LogP contribution in [0.15, 0.2) is 58.3 Å². The molecular weight excluding hydrogens is 407 g/mol. The zero-order valence-electron chi connectivity index (χ0n) is 16.2. The number of fused-ring (bicyclic) bond motifs is 6. The Balaban J connectivity index is 1.79. The van der Waals surface area contributed by atoms with Crippen LogP contribution in [-0.4, -0.2) is 23.4 Å². The van der Waals surface area contributed by atoms with Gasteiger partial charge < -0.3 is 9.47 Å². The SMILES string of the molecule is COC(=O)C1C2c3ccccc3O[C@@]1(C)N=c1sc(=Cc3ccc(F)cc3)c(=O)n12. The topological polar surface area (TPSA) is 69.9 Å². The molecule has 2 aliphatic heterocycles. The molecule has 0 fully saturated rings. The molecule has 0 amide bonds. The predicted molar refractivity (Wildman–Crippen MR) is 108 cm³/mol. The first-order chi connectivity index (χ1) is 14.4.